The number of amides is 3. The molecule has 0 aliphatic carbocycles. The third-order valence-corrected chi connectivity index (χ3v) is 5.78. The Morgan fingerprint density at radius 3 is 2.70 bits per heavy atom. The zero-order valence-corrected chi connectivity index (χ0v) is 15.1. The van der Waals surface area contributed by atoms with Crippen LogP contribution in [0.3, 0.4) is 0 Å². The highest BCUT2D eigenvalue weighted by Crippen LogP contribution is 2.34. The zero-order valence-electron chi connectivity index (χ0n) is 14.3. The van der Waals surface area contributed by atoms with E-state index in [-0.39, 0.29) is 18.2 Å². The molecular formula is C19H16N2O5S. The number of carbonyl (C=O) groups is 4. The molecule has 138 valence electrons. The quantitative estimate of drug-likeness (QED) is 0.628. The minimum Gasteiger partial charge on any atom is -0.488 e. The van der Waals surface area contributed by atoms with Crippen molar-refractivity contribution < 1.29 is 23.9 Å². The topological polar surface area (TPSA) is 92.8 Å². The van der Waals surface area contributed by atoms with Gasteiger partial charge in [0.1, 0.15) is 24.7 Å². The van der Waals surface area contributed by atoms with E-state index in [9.17, 15) is 19.2 Å². The summed E-state index contributed by atoms with van der Waals surface area (Å²) in [7, 11) is 0. The second-order valence-electron chi connectivity index (χ2n) is 6.43. The van der Waals surface area contributed by atoms with Crippen LogP contribution in [-0.2, 0) is 22.7 Å². The predicted octanol–water partition coefficient (Wildman–Crippen LogP) is 1.90. The van der Waals surface area contributed by atoms with Crippen LogP contribution in [0, 0.1) is 0 Å². The van der Waals surface area contributed by atoms with Crippen molar-refractivity contribution in [2.75, 3.05) is 0 Å². The van der Waals surface area contributed by atoms with Gasteiger partial charge in [0.25, 0.3) is 5.91 Å². The number of hydrogen-bond donors (Lipinski definition) is 1. The van der Waals surface area contributed by atoms with Gasteiger partial charge in [-0.3, -0.25) is 24.5 Å². The van der Waals surface area contributed by atoms with E-state index in [0.29, 0.717) is 36.4 Å². The van der Waals surface area contributed by atoms with E-state index in [4.69, 9.17) is 4.74 Å². The molecule has 0 bridgehead atoms. The van der Waals surface area contributed by atoms with Crippen molar-refractivity contribution in [2.45, 2.75) is 32.0 Å². The molecule has 1 fully saturated rings. The Morgan fingerprint density at radius 1 is 1.22 bits per heavy atom. The molecule has 1 atom stereocenters. The lowest BCUT2D eigenvalue weighted by atomic mass is 10.0. The van der Waals surface area contributed by atoms with Gasteiger partial charge >= 0.3 is 0 Å². The number of nitrogens with zero attached hydrogens (tertiary/aromatic N) is 1. The molecule has 1 saturated heterocycles. The summed E-state index contributed by atoms with van der Waals surface area (Å²) in [4.78, 5) is 49.2. The second-order valence-corrected chi connectivity index (χ2v) is 7.39. The van der Waals surface area contributed by atoms with Gasteiger partial charge in [0.2, 0.25) is 11.8 Å². The second kappa shape index (κ2) is 6.96. The van der Waals surface area contributed by atoms with Crippen molar-refractivity contribution in [1.29, 1.82) is 0 Å². The summed E-state index contributed by atoms with van der Waals surface area (Å²) in [6, 6.07) is 6.18. The van der Waals surface area contributed by atoms with Crippen molar-refractivity contribution in [1.82, 2.24) is 10.2 Å². The number of aldehydes is 1. The maximum Gasteiger partial charge on any atom is 0.256 e. The molecule has 2 aliphatic rings. The van der Waals surface area contributed by atoms with Gasteiger partial charge in [-0.15, -0.1) is 11.3 Å². The molecule has 0 unspecified atom stereocenters. The standard InChI is InChI=1S/C19H16N2O5S/c22-8-11-1-3-12(4-2-11)26-9-16-13-7-21(19(25)14(13)10-27-16)15-5-6-17(23)20-18(15)24/h1-4,8,10,15H,5-7,9H2,(H,20,23,24)/t15-/m0/s1. The number of piperidine rings is 1. The number of benzene rings is 1. The lowest BCUT2D eigenvalue weighted by Gasteiger charge is -2.29. The molecule has 2 aromatic rings. The van der Waals surface area contributed by atoms with Crippen LogP contribution in [0.5, 0.6) is 5.75 Å². The molecule has 1 N–H and O–H groups in total. The molecule has 3 amide bonds. The molecule has 3 heterocycles. The van der Waals surface area contributed by atoms with E-state index in [2.05, 4.69) is 5.32 Å². The highest BCUT2D eigenvalue weighted by molar-refractivity contribution is 7.10. The average Bonchev–Trinajstić information content (AvgIpc) is 3.21. The lowest BCUT2D eigenvalue weighted by molar-refractivity contribution is -0.136. The normalized spacial score (nSPS) is 19.0. The summed E-state index contributed by atoms with van der Waals surface area (Å²) in [6.07, 6.45) is 1.35. The first-order valence-electron chi connectivity index (χ1n) is 8.49. The van der Waals surface area contributed by atoms with Crippen molar-refractivity contribution in [3.05, 3.63) is 51.2 Å². The summed E-state index contributed by atoms with van der Waals surface area (Å²) < 4.78 is 5.77. The summed E-state index contributed by atoms with van der Waals surface area (Å²) in [6.45, 7) is 0.642. The molecule has 4 rings (SSSR count). The number of rotatable bonds is 5. The SMILES string of the molecule is O=Cc1ccc(OCc2scc3c2CN([C@H]2CCC(=O)NC2=O)C3=O)cc1. The van der Waals surface area contributed by atoms with Crippen molar-refractivity contribution in [3.63, 3.8) is 0 Å². The number of carbonyl (C=O) groups excluding carboxylic acids is 4. The largest absolute Gasteiger partial charge is 0.488 e. The van der Waals surface area contributed by atoms with Gasteiger partial charge in [-0.25, -0.2) is 0 Å². The average molecular weight is 384 g/mol. The summed E-state index contributed by atoms with van der Waals surface area (Å²) in [5, 5.41) is 4.09. The fourth-order valence-electron chi connectivity index (χ4n) is 3.32. The van der Waals surface area contributed by atoms with Crippen LogP contribution in [0.15, 0.2) is 29.6 Å². The number of hydrogen-bond acceptors (Lipinski definition) is 6. The Bertz CT molecular complexity index is 934. The summed E-state index contributed by atoms with van der Waals surface area (Å²) >= 11 is 1.45. The van der Waals surface area contributed by atoms with Crippen LogP contribution in [0.2, 0.25) is 0 Å². The van der Waals surface area contributed by atoms with Crippen molar-refractivity contribution in [3.8, 4) is 5.75 Å². The zero-order chi connectivity index (χ0) is 19.0. The molecule has 0 spiro atoms. The van der Waals surface area contributed by atoms with E-state index < -0.39 is 11.9 Å². The number of ether oxygens (including phenoxy) is 1. The van der Waals surface area contributed by atoms with Crippen molar-refractivity contribution in [2.24, 2.45) is 0 Å². The van der Waals surface area contributed by atoms with E-state index in [1.54, 1.807) is 29.6 Å². The highest BCUT2D eigenvalue weighted by atomic mass is 32.1. The lowest BCUT2D eigenvalue weighted by Crippen LogP contribution is -2.52. The van der Waals surface area contributed by atoms with Crippen LogP contribution in [0.1, 0.15) is 44.0 Å². The Kier molecular flexibility index (Phi) is 4.49. The van der Waals surface area contributed by atoms with Crippen LogP contribution >= 0.6 is 11.3 Å². The first kappa shape index (κ1) is 17.4. The fraction of sp³-hybridized carbons (Fsp3) is 0.263. The van der Waals surface area contributed by atoms with Gasteiger partial charge in [0, 0.05) is 34.3 Å². The fourth-order valence-corrected chi connectivity index (χ4v) is 4.26. The van der Waals surface area contributed by atoms with Gasteiger partial charge in [-0.2, -0.15) is 0 Å². The number of imide groups is 1. The Balaban J connectivity index is 1.46. The minimum absolute atomic E-state index is 0.183. The maximum absolute atomic E-state index is 12.7. The van der Waals surface area contributed by atoms with Gasteiger partial charge in [0.15, 0.2) is 0 Å². The van der Waals surface area contributed by atoms with E-state index >= 15 is 0 Å². The van der Waals surface area contributed by atoms with Crippen LogP contribution < -0.4 is 10.1 Å². The Morgan fingerprint density at radius 2 is 2.00 bits per heavy atom. The monoisotopic (exact) mass is 384 g/mol. The molecule has 2 aliphatic heterocycles. The molecule has 0 saturated carbocycles. The van der Waals surface area contributed by atoms with Crippen molar-refractivity contribution >= 4 is 35.3 Å². The highest BCUT2D eigenvalue weighted by Gasteiger charge is 2.40. The third kappa shape index (κ3) is 3.23. The number of thiophene rings is 1. The van der Waals surface area contributed by atoms with Gasteiger partial charge in [0.05, 0.1) is 5.56 Å². The first-order valence-corrected chi connectivity index (χ1v) is 9.36. The van der Waals surface area contributed by atoms with E-state index in [1.165, 1.54) is 16.2 Å². The number of fused-ring (bicyclic) bond motifs is 1. The molecule has 0 radical (unpaired) electrons. The van der Waals surface area contributed by atoms with E-state index in [0.717, 1.165) is 16.7 Å². The minimum atomic E-state index is -0.614. The molecule has 27 heavy (non-hydrogen) atoms. The molecule has 8 heteroatoms. The third-order valence-electron chi connectivity index (χ3n) is 4.77. The molecule has 1 aromatic heterocycles. The maximum atomic E-state index is 12.7. The smallest absolute Gasteiger partial charge is 0.256 e. The number of nitrogens with one attached hydrogen (secondary N) is 1. The van der Waals surface area contributed by atoms with Gasteiger partial charge < -0.3 is 9.64 Å². The summed E-state index contributed by atoms with van der Waals surface area (Å²) in [5.74, 6) is -0.264. The van der Waals surface area contributed by atoms with Gasteiger partial charge in [-0.05, 0) is 30.7 Å². The molecule has 1 aromatic carbocycles. The van der Waals surface area contributed by atoms with Crippen LogP contribution in [0.25, 0.3) is 0 Å². The van der Waals surface area contributed by atoms with Gasteiger partial charge in [-0.1, -0.05) is 0 Å². The van der Waals surface area contributed by atoms with E-state index in [1.807, 2.05) is 0 Å². The summed E-state index contributed by atoms with van der Waals surface area (Å²) in [5.41, 5.74) is 2.05. The molecular weight excluding hydrogens is 368 g/mol. The Labute approximate surface area is 158 Å². The molecule has 7 nitrogen and oxygen atoms in total. The Hall–Kier alpha value is -3.00. The predicted molar refractivity (Wildman–Crippen MR) is 96.5 cm³/mol. The van der Waals surface area contributed by atoms with Crippen LogP contribution in [-0.4, -0.2) is 34.9 Å². The van der Waals surface area contributed by atoms with Crippen LogP contribution in [0.4, 0.5) is 0 Å². The first-order chi connectivity index (χ1) is 13.1.